The zero-order valence-corrected chi connectivity index (χ0v) is 21.2. The number of unbranched alkanes of at least 4 members (excludes halogenated alkanes) is 3. The fraction of sp³-hybridized carbons (Fsp3) is 0.344. The minimum atomic E-state index is -0.255. The molecule has 1 unspecified atom stereocenters. The van der Waals surface area contributed by atoms with E-state index in [0.29, 0.717) is 23.8 Å². The Morgan fingerprint density at radius 2 is 1.80 bits per heavy atom. The van der Waals surface area contributed by atoms with Gasteiger partial charge in [-0.2, -0.15) is 0 Å². The molecule has 0 amide bonds. The fourth-order valence-corrected chi connectivity index (χ4v) is 4.03. The van der Waals surface area contributed by atoms with Crippen LogP contribution in [0.4, 0.5) is 4.39 Å². The van der Waals surface area contributed by atoms with Gasteiger partial charge < -0.3 is 4.74 Å². The minimum Gasteiger partial charge on any atom is -0.379 e. The monoisotopic (exact) mass is 471 g/mol. The molecule has 3 heteroatoms. The minimum absolute atomic E-state index is 0.255. The first-order chi connectivity index (χ1) is 17.1. The van der Waals surface area contributed by atoms with E-state index < -0.39 is 0 Å². The van der Waals surface area contributed by atoms with Crippen LogP contribution in [0.2, 0.25) is 0 Å². The number of halogens is 1. The number of rotatable bonds is 14. The highest BCUT2D eigenvalue weighted by Gasteiger charge is 2.08. The third kappa shape index (κ3) is 8.60. The van der Waals surface area contributed by atoms with Crippen LogP contribution >= 0.6 is 0 Å². The van der Waals surface area contributed by atoms with Crippen LogP contribution in [0, 0.1) is 5.82 Å². The number of hydrogen-bond donors (Lipinski definition) is 0. The average molecular weight is 472 g/mol. The van der Waals surface area contributed by atoms with Gasteiger partial charge in [0, 0.05) is 23.9 Å². The Balaban J connectivity index is 1.49. The van der Waals surface area contributed by atoms with Crippen LogP contribution in [0.1, 0.15) is 63.5 Å². The molecule has 0 fully saturated rings. The summed E-state index contributed by atoms with van der Waals surface area (Å²) in [6, 6.07) is 17.6. The van der Waals surface area contributed by atoms with Gasteiger partial charge >= 0.3 is 0 Å². The SMILES string of the molecule is C=CCc1ccc(-c2ccc(-c3ccc(/C=C/CCCC(C)OCCCCC)cc3)cn2)c(F)c1. The Hall–Kier alpha value is -3.04. The molecule has 2 nitrogen and oxygen atoms in total. The van der Waals surface area contributed by atoms with E-state index >= 15 is 0 Å². The number of nitrogens with zero attached hydrogens (tertiary/aromatic N) is 1. The maximum Gasteiger partial charge on any atom is 0.132 e. The van der Waals surface area contributed by atoms with Crippen molar-refractivity contribution in [2.24, 2.45) is 0 Å². The molecule has 0 N–H and O–H groups in total. The van der Waals surface area contributed by atoms with Crippen molar-refractivity contribution in [1.29, 1.82) is 0 Å². The standard InChI is InChI=1S/C32H38FNO/c1-4-6-10-22-35-25(3)12-8-7-9-13-26-14-17-28(18-15-26)29-19-21-32(34-24-29)30-20-16-27(11-5-2)23-31(30)33/h5,9,13-21,23-25H,2,4,6-8,10-12,22H2,1,3H3/b13-9+. The van der Waals surface area contributed by atoms with Crippen molar-refractivity contribution >= 4 is 6.08 Å². The molecule has 184 valence electrons. The third-order valence-electron chi connectivity index (χ3n) is 6.14. The molecule has 0 bridgehead atoms. The van der Waals surface area contributed by atoms with Crippen LogP contribution < -0.4 is 0 Å². The first-order valence-electron chi connectivity index (χ1n) is 12.8. The fourth-order valence-electron chi connectivity index (χ4n) is 4.03. The summed E-state index contributed by atoms with van der Waals surface area (Å²) < 4.78 is 20.4. The van der Waals surface area contributed by atoms with Crippen LogP contribution in [-0.2, 0) is 11.2 Å². The first kappa shape index (κ1) is 26.6. The molecule has 2 aromatic carbocycles. The second-order valence-electron chi connectivity index (χ2n) is 9.08. The largest absolute Gasteiger partial charge is 0.379 e. The lowest BCUT2D eigenvalue weighted by molar-refractivity contribution is 0.0566. The number of benzene rings is 2. The van der Waals surface area contributed by atoms with Gasteiger partial charge in [0.25, 0.3) is 0 Å². The quantitative estimate of drug-likeness (QED) is 0.173. The average Bonchev–Trinajstić information content (AvgIpc) is 2.87. The van der Waals surface area contributed by atoms with Gasteiger partial charge in [0.15, 0.2) is 0 Å². The molecule has 0 aliphatic rings. The summed E-state index contributed by atoms with van der Waals surface area (Å²) >= 11 is 0. The van der Waals surface area contributed by atoms with E-state index in [0.717, 1.165) is 42.6 Å². The van der Waals surface area contributed by atoms with Gasteiger partial charge in [0.2, 0.25) is 0 Å². The van der Waals surface area contributed by atoms with E-state index in [1.165, 1.54) is 24.8 Å². The van der Waals surface area contributed by atoms with Crippen molar-refractivity contribution < 1.29 is 9.13 Å². The van der Waals surface area contributed by atoms with Crippen LogP contribution in [0.3, 0.4) is 0 Å². The van der Waals surface area contributed by atoms with Crippen molar-refractivity contribution in [3.8, 4) is 22.4 Å². The van der Waals surface area contributed by atoms with Crippen molar-refractivity contribution in [2.75, 3.05) is 6.61 Å². The molecule has 0 aliphatic carbocycles. The van der Waals surface area contributed by atoms with E-state index in [9.17, 15) is 4.39 Å². The Labute approximate surface area is 210 Å². The molecule has 0 saturated carbocycles. The van der Waals surface area contributed by atoms with Gasteiger partial charge in [-0.05, 0) is 73.9 Å². The molecule has 0 radical (unpaired) electrons. The summed E-state index contributed by atoms with van der Waals surface area (Å²) in [6.07, 6.45) is 15.9. The summed E-state index contributed by atoms with van der Waals surface area (Å²) in [4.78, 5) is 4.51. The molecule has 0 aliphatic heterocycles. The van der Waals surface area contributed by atoms with Gasteiger partial charge in [-0.3, -0.25) is 4.98 Å². The highest BCUT2D eigenvalue weighted by atomic mass is 19.1. The molecule has 1 heterocycles. The van der Waals surface area contributed by atoms with Crippen LogP contribution in [0.5, 0.6) is 0 Å². The normalized spacial score (nSPS) is 12.2. The van der Waals surface area contributed by atoms with E-state index in [1.54, 1.807) is 18.2 Å². The van der Waals surface area contributed by atoms with Gasteiger partial charge in [-0.1, -0.05) is 74.4 Å². The molecule has 3 rings (SSSR count). The number of pyridine rings is 1. The Kier molecular flexibility index (Phi) is 10.9. The van der Waals surface area contributed by atoms with Gasteiger partial charge in [-0.15, -0.1) is 6.58 Å². The highest BCUT2D eigenvalue weighted by molar-refractivity contribution is 5.68. The number of hydrogen-bond acceptors (Lipinski definition) is 2. The first-order valence-corrected chi connectivity index (χ1v) is 12.8. The maximum atomic E-state index is 14.5. The summed E-state index contributed by atoms with van der Waals surface area (Å²) in [5.74, 6) is -0.255. The van der Waals surface area contributed by atoms with E-state index in [2.05, 4.69) is 61.8 Å². The van der Waals surface area contributed by atoms with Crippen molar-refractivity contribution in [1.82, 2.24) is 4.98 Å². The molecular weight excluding hydrogens is 433 g/mol. The van der Waals surface area contributed by atoms with Gasteiger partial charge in [0.1, 0.15) is 5.82 Å². The summed E-state index contributed by atoms with van der Waals surface area (Å²) in [6.45, 7) is 8.98. The predicted octanol–water partition coefficient (Wildman–Crippen LogP) is 9.06. The lowest BCUT2D eigenvalue weighted by Gasteiger charge is -2.12. The summed E-state index contributed by atoms with van der Waals surface area (Å²) in [5.41, 5.74) is 5.36. The third-order valence-corrected chi connectivity index (χ3v) is 6.14. The molecular formula is C32H38FNO. The summed E-state index contributed by atoms with van der Waals surface area (Å²) in [5, 5.41) is 0. The topological polar surface area (TPSA) is 22.1 Å². The van der Waals surface area contributed by atoms with Gasteiger partial charge in [0.05, 0.1) is 11.8 Å². The van der Waals surface area contributed by atoms with Gasteiger partial charge in [-0.25, -0.2) is 4.39 Å². The number of aromatic nitrogens is 1. The smallest absolute Gasteiger partial charge is 0.132 e. The maximum absolute atomic E-state index is 14.5. The number of ether oxygens (including phenoxy) is 1. The van der Waals surface area contributed by atoms with Crippen molar-refractivity contribution in [3.05, 3.63) is 96.5 Å². The van der Waals surface area contributed by atoms with Crippen LogP contribution in [0.15, 0.2) is 79.5 Å². The second kappa shape index (κ2) is 14.4. The molecule has 0 saturated heterocycles. The molecule has 3 aromatic rings. The highest BCUT2D eigenvalue weighted by Crippen LogP contribution is 2.26. The predicted molar refractivity (Wildman–Crippen MR) is 147 cm³/mol. The van der Waals surface area contributed by atoms with Crippen LogP contribution in [0.25, 0.3) is 28.5 Å². The van der Waals surface area contributed by atoms with Crippen LogP contribution in [-0.4, -0.2) is 17.7 Å². The second-order valence-corrected chi connectivity index (χ2v) is 9.08. The lowest BCUT2D eigenvalue weighted by Crippen LogP contribution is -2.08. The zero-order valence-electron chi connectivity index (χ0n) is 21.2. The van der Waals surface area contributed by atoms with E-state index in [-0.39, 0.29) is 5.82 Å². The van der Waals surface area contributed by atoms with Crippen molar-refractivity contribution in [3.63, 3.8) is 0 Å². The van der Waals surface area contributed by atoms with E-state index in [4.69, 9.17) is 4.74 Å². The Morgan fingerprint density at radius 3 is 2.49 bits per heavy atom. The number of allylic oxidation sites excluding steroid dienone is 2. The Bertz CT molecular complexity index is 1070. The van der Waals surface area contributed by atoms with Crippen molar-refractivity contribution in [2.45, 2.75) is 64.9 Å². The molecule has 0 spiro atoms. The Morgan fingerprint density at radius 1 is 1.00 bits per heavy atom. The molecule has 1 aromatic heterocycles. The lowest BCUT2D eigenvalue weighted by atomic mass is 10.0. The van der Waals surface area contributed by atoms with E-state index in [1.807, 2.05) is 24.4 Å². The summed E-state index contributed by atoms with van der Waals surface area (Å²) in [7, 11) is 0. The molecule has 35 heavy (non-hydrogen) atoms. The zero-order chi connectivity index (χ0) is 24.9. The molecule has 1 atom stereocenters.